The molecule has 0 fully saturated rings. The van der Waals surface area contributed by atoms with Gasteiger partial charge in [-0.15, -0.1) is 0 Å². The first kappa shape index (κ1) is 20.5. The van der Waals surface area contributed by atoms with Crippen molar-refractivity contribution in [3.05, 3.63) is 80.1 Å². The first-order chi connectivity index (χ1) is 15.4. The van der Waals surface area contributed by atoms with Crippen LogP contribution in [-0.4, -0.2) is 9.97 Å². The molecule has 0 bridgehead atoms. The minimum Gasteiger partial charge on any atom is -0.354 e. The van der Waals surface area contributed by atoms with Gasteiger partial charge in [-0.3, -0.25) is 9.59 Å². The van der Waals surface area contributed by atoms with Crippen LogP contribution in [-0.2, 0) is 0 Å². The van der Waals surface area contributed by atoms with Crippen molar-refractivity contribution >= 4 is 43.6 Å². The van der Waals surface area contributed by atoms with E-state index < -0.39 is 0 Å². The summed E-state index contributed by atoms with van der Waals surface area (Å²) in [5.74, 6) is 0.795. The summed E-state index contributed by atoms with van der Waals surface area (Å²) in [5, 5.41) is 2.57. The van der Waals surface area contributed by atoms with Gasteiger partial charge >= 0.3 is 0 Å². The Hall–Kier alpha value is -3.40. The van der Waals surface area contributed by atoms with E-state index in [1.54, 1.807) is 0 Å². The zero-order valence-corrected chi connectivity index (χ0v) is 19.0. The van der Waals surface area contributed by atoms with E-state index in [0.717, 1.165) is 23.9 Å². The average Bonchev–Trinajstić information content (AvgIpc) is 2.82. The molecule has 4 heteroatoms. The van der Waals surface area contributed by atoms with Gasteiger partial charge in [0.15, 0.2) is 10.9 Å². The summed E-state index contributed by atoms with van der Waals surface area (Å²) in [7, 11) is 0. The Labute approximate surface area is 186 Å². The van der Waals surface area contributed by atoms with Gasteiger partial charge in [-0.2, -0.15) is 0 Å². The molecular weight excluding hydrogens is 396 g/mol. The van der Waals surface area contributed by atoms with Gasteiger partial charge in [-0.1, -0.05) is 39.8 Å². The van der Waals surface area contributed by atoms with E-state index in [1.165, 1.54) is 11.1 Å². The largest absolute Gasteiger partial charge is 0.354 e. The maximum atomic E-state index is 13.4. The molecule has 0 radical (unpaired) electrons. The van der Waals surface area contributed by atoms with Crippen LogP contribution in [0.3, 0.4) is 0 Å². The summed E-state index contributed by atoms with van der Waals surface area (Å²) in [6, 6.07) is 15.8. The molecule has 0 saturated carbocycles. The molecule has 2 unspecified atom stereocenters. The van der Waals surface area contributed by atoms with E-state index in [2.05, 4.69) is 49.8 Å². The van der Waals surface area contributed by atoms with Crippen LogP contribution in [0.15, 0.2) is 58.1 Å². The topological polar surface area (TPSA) is 65.7 Å². The molecule has 0 saturated heterocycles. The van der Waals surface area contributed by atoms with E-state index in [9.17, 15) is 9.59 Å². The summed E-state index contributed by atoms with van der Waals surface area (Å²) in [6.07, 6.45) is 2.05. The molecule has 0 amide bonds. The predicted molar refractivity (Wildman–Crippen MR) is 135 cm³/mol. The quantitative estimate of drug-likeness (QED) is 0.315. The number of hydrogen-bond acceptors (Lipinski definition) is 2. The lowest BCUT2D eigenvalue weighted by Gasteiger charge is -2.12. The first-order valence-corrected chi connectivity index (χ1v) is 11.5. The lowest BCUT2D eigenvalue weighted by molar-refractivity contribution is 0.734. The van der Waals surface area contributed by atoms with E-state index in [0.29, 0.717) is 44.4 Å². The molecular formula is C28H28N2O2. The molecule has 0 spiro atoms. The second-order valence-corrected chi connectivity index (χ2v) is 9.08. The van der Waals surface area contributed by atoms with Crippen LogP contribution in [0.25, 0.3) is 43.6 Å². The Morgan fingerprint density at radius 2 is 0.969 bits per heavy atom. The third-order valence-electron chi connectivity index (χ3n) is 7.12. The normalized spacial score (nSPS) is 13.9. The molecule has 2 atom stereocenters. The molecule has 3 aromatic carbocycles. The number of H-pyrrole nitrogens is 2. The molecule has 0 aliphatic heterocycles. The van der Waals surface area contributed by atoms with Gasteiger partial charge in [0.25, 0.3) is 0 Å². The van der Waals surface area contributed by atoms with Crippen molar-refractivity contribution in [1.29, 1.82) is 0 Å². The summed E-state index contributed by atoms with van der Waals surface area (Å²) in [5.41, 5.74) is 5.30. The van der Waals surface area contributed by atoms with Crippen molar-refractivity contribution < 1.29 is 0 Å². The molecule has 5 rings (SSSR count). The molecule has 2 aromatic heterocycles. The van der Waals surface area contributed by atoms with E-state index in [1.807, 2.05) is 36.4 Å². The molecule has 0 aliphatic rings. The van der Waals surface area contributed by atoms with Crippen molar-refractivity contribution in [2.24, 2.45) is 0 Å². The maximum absolute atomic E-state index is 13.4. The number of hydrogen-bond donors (Lipinski definition) is 2. The maximum Gasteiger partial charge on any atom is 0.197 e. The molecule has 5 aromatic rings. The zero-order valence-electron chi connectivity index (χ0n) is 19.0. The highest BCUT2D eigenvalue weighted by atomic mass is 16.1. The number of fused-ring (bicyclic) bond motifs is 4. The SMILES string of the molecule is CCC(C)c1ccc2[nH]c3cc4c(=O)c5cc(C(C)CC)ccc5[nH]c4cc3c(=O)c2c1. The molecule has 2 N–H and O–H groups in total. The summed E-state index contributed by atoms with van der Waals surface area (Å²) < 4.78 is 0. The Kier molecular flexibility index (Phi) is 4.89. The van der Waals surface area contributed by atoms with Gasteiger partial charge < -0.3 is 9.97 Å². The van der Waals surface area contributed by atoms with Crippen LogP contribution in [0, 0.1) is 0 Å². The van der Waals surface area contributed by atoms with Gasteiger partial charge in [0.2, 0.25) is 0 Å². The van der Waals surface area contributed by atoms with Crippen molar-refractivity contribution in [1.82, 2.24) is 9.97 Å². The van der Waals surface area contributed by atoms with Gasteiger partial charge in [-0.05, 0) is 72.2 Å². The molecule has 4 nitrogen and oxygen atoms in total. The van der Waals surface area contributed by atoms with Gasteiger partial charge in [0, 0.05) is 32.6 Å². The van der Waals surface area contributed by atoms with E-state index in [4.69, 9.17) is 0 Å². The highest BCUT2D eigenvalue weighted by Crippen LogP contribution is 2.26. The van der Waals surface area contributed by atoms with Crippen LogP contribution < -0.4 is 10.9 Å². The minimum atomic E-state index is -0.00568. The second kappa shape index (κ2) is 7.63. The number of aromatic amines is 2. The van der Waals surface area contributed by atoms with Crippen LogP contribution in [0.1, 0.15) is 63.5 Å². The third kappa shape index (κ3) is 3.13. The number of pyridine rings is 2. The Morgan fingerprint density at radius 1 is 0.594 bits per heavy atom. The fraction of sp³-hybridized carbons (Fsp3) is 0.286. The Bertz CT molecular complexity index is 1500. The number of benzene rings is 3. The fourth-order valence-corrected chi connectivity index (χ4v) is 4.56. The highest BCUT2D eigenvalue weighted by Gasteiger charge is 2.13. The van der Waals surface area contributed by atoms with Crippen LogP contribution >= 0.6 is 0 Å². The lowest BCUT2D eigenvalue weighted by atomic mass is 9.95. The van der Waals surface area contributed by atoms with Gasteiger partial charge in [0.05, 0.1) is 11.0 Å². The molecule has 2 heterocycles. The summed E-state index contributed by atoms with van der Waals surface area (Å²) in [4.78, 5) is 33.5. The second-order valence-electron chi connectivity index (χ2n) is 9.08. The van der Waals surface area contributed by atoms with Crippen molar-refractivity contribution in [2.75, 3.05) is 0 Å². The number of aromatic nitrogens is 2. The zero-order chi connectivity index (χ0) is 22.6. The van der Waals surface area contributed by atoms with Crippen LogP contribution in [0.2, 0.25) is 0 Å². The number of rotatable bonds is 4. The number of nitrogens with one attached hydrogen (secondary N) is 2. The van der Waals surface area contributed by atoms with E-state index in [-0.39, 0.29) is 10.9 Å². The first-order valence-electron chi connectivity index (χ1n) is 11.5. The molecule has 162 valence electrons. The molecule has 0 aliphatic carbocycles. The Balaban J connectivity index is 1.81. The fourth-order valence-electron chi connectivity index (χ4n) is 4.56. The van der Waals surface area contributed by atoms with E-state index >= 15 is 0 Å². The van der Waals surface area contributed by atoms with Gasteiger partial charge in [-0.25, -0.2) is 0 Å². The minimum absolute atomic E-state index is 0.00568. The smallest absolute Gasteiger partial charge is 0.197 e. The van der Waals surface area contributed by atoms with Crippen LogP contribution in [0.5, 0.6) is 0 Å². The summed E-state index contributed by atoms with van der Waals surface area (Å²) in [6.45, 7) is 8.65. The van der Waals surface area contributed by atoms with Crippen molar-refractivity contribution in [2.45, 2.75) is 52.4 Å². The van der Waals surface area contributed by atoms with Crippen molar-refractivity contribution in [3.8, 4) is 0 Å². The highest BCUT2D eigenvalue weighted by molar-refractivity contribution is 6.02. The predicted octanol–water partition coefficient (Wildman–Crippen LogP) is 6.70. The third-order valence-corrected chi connectivity index (χ3v) is 7.12. The lowest BCUT2D eigenvalue weighted by Crippen LogP contribution is -2.09. The Morgan fingerprint density at radius 3 is 1.34 bits per heavy atom. The molecule has 32 heavy (non-hydrogen) atoms. The summed E-state index contributed by atoms with van der Waals surface area (Å²) >= 11 is 0. The monoisotopic (exact) mass is 424 g/mol. The average molecular weight is 425 g/mol. The van der Waals surface area contributed by atoms with Crippen molar-refractivity contribution in [3.63, 3.8) is 0 Å². The standard InChI is InChI=1S/C28H28N2O2/c1-5-15(3)17-7-9-23-19(11-17)27(31)21-13-26-22(14-25(21)29-23)28(32)20-12-18(16(4)6-2)8-10-24(20)30-26/h7-16H,5-6H2,1-4H3,(H,29,31)(H,30,32). The van der Waals surface area contributed by atoms with Crippen LogP contribution in [0.4, 0.5) is 0 Å². The van der Waals surface area contributed by atoms with Gasteiger partial charge in [0.1, 0.15) is 0 Å².